The van der Waals surface area contributed by atoms with Crippen LogP contribution >= 0.6 is 11.8 Å². The molecule has 0 bridgehead atoms. The van der Waals surface area contributed by atoms with Gasteiger partial charge in [-0.05, 0) is 29.3 Å². The molecule has 2 N–H and O–H groups in total. The normalized spacial score (nSPS) is 17.1. The molecule has 2 aromatic rings. The number of hydrogen-bond donors (Lipinski definition) is 2. The molecule has 0 amide bonds. The average Bonchev–Trinajstić information content (AvgIpc) is 2.49. The van der Waals surface area contributed by atoms with E-state index in [2.05, 4.69) is 11.4 Å². The molecular weight excluding hydrogens is 289 g/mol. The van der Waals surface area contributed by atoms with E-state index in [1.807, 2.05) is 18.2 Å². The van der Waals surface area contributed by atoms with Crippen molar-refractivity contribution in [3.63, 3.8) is 0 Å². The molecule has 0 spiro atoms. The van der Waals surface area contributed by atoms with Crippen LogP contribution in [0.5, 0.6) is 0 Å². The standard InChI is InChI=1S/C16H14FNO2S/c17-13-6-5-10(16(19)20)7-14(13)18-15-9-21-8-11-3-1-2-4-12(11)15/h1-7,15,18H,8-9H2,(H,19,20). The number of carbonyl (C=O) groups is 1. The second-order valence-corrected chi connectivity index (χ2v) is 5.94. The molecule has 1 atom stereocenters. The summed E-state index contributed by atoms with van der Waals surface area (Å²) in [5.74, 6) is 0.282. The molecule has 0 saturated carbocycles. The van der Waals surface area contributed by atoms with Crippen LogP contribution in [0.2, 0.25) is 0 Å². The van der Waals surface area contributed by atoms with Crippen LogP contribution in [0.1, 0.15) is 27.5 Å². The highest BCUT2D eigenvalue weighted by molar-refractivity contribution is 7.98. The lowest BCUT2D eigenvalue weighted by molar-refractivity contribution is 0.0697. The maximum atomic E-state index is 13.9. The summed E-state index contributed by atoms with van der Waals surface area (Å²) < 4.78 is 13.9. The molecule has 5 heteroatoms. The molecule has 21 heavy (non-hydrogen) atoms. The first-order chi connectivity index (χ1) is 10.1. The fourth-order valence-electron chi connectivity index (χ4n) is 2.46. The number of carboxylic acids is 1. The van der Waals surface area contributed by atoms with Gasteiger partial charge < -0.3 is 10.4 Å². The highest BCUT2D eigenvalue weighted by atomic mass is 32.2. The van der Waals surface area contributed by atoms with Crippen molar-refractivity contribution in [2.24, 2.45) is 0 Å². The zero-order chi connectivity index (χ0) is 14.8. The minimum Gasteiger partial charge on any atom is -0.478 e. The van der Waals surface area contributed by atoms with E-state index in [4.69, 9.17) is 5.11 Å². The summed E-state index contributed by atoms with van der Waals surface area (Å²) in [6.07, 6.45) is 0. The molecule has 1 heterocycles. The molecule has 1 unspecified atom stereocenters. The van der Waals surface area contributed by atoms with E-state index in [9.17, 15) is 9.18 Å². The van der Waals surface area contributed by atoms with Crippen molar-refractivity contribution < 1.29 is 14.3 Å². The SMILES string of the molecule is O=C(O)c1ccc(F)c(NC2CSCc3ccccc32)c1. The van der Waals surface area contributed by atoms with Gasteiger partial charge in [0.05, 0.1) is 17.3 Å². The second-order valence-electron chi connectivity index (χ2n) is 4.91. The number of aromatic carboxylic acids is 1. The van der Waals surface area contributed by atoms with Gasteiger partial charge in [0.15, 0.2) is 0 Å². The molecule has 3 rings (SSSR count). The third-order valence-electron chi connectivity index (χ3n) is 3.52. The van der Waals surface area contributed by atoms with Crippen molar-refractivity contribution in [2.75, 3.05) is 11.1 Å². The third kappa shape index (κ3) is 2.88. The molecule has 3 nitrogen and oxygen atoms in total. The Morgan fingerprint density at radius 2 is 2.10 bits per heavy atom. The van der Waals surface area contributed by atoms with Gasteiger partial charge in [0, 0.05) is 11.5 Å². The minimum absolute atomic E-state index is 0.0153. The Bertz CT molecular complexity index is 690. The summed E-state index contributed by atoms with van der Waals surface area (Å²) in [6, 6.07) is 11.9. The molecule has 1 aliphatic heterocycles. The Morgan fingerprint density at radius 3 is 2.90 bits per heavy atom. The number of nitrogens with one attached hydrogen (secondary N) is 1. The topological polar surface area (TPSA) is 49.3 Å². The maximum absolute atomic E-state index is 13.9. The van der Waals surface area contributed by atoms with E-state index >= 15 is 0 Å². The largest absolute Gasteiger partial charge is 0.478 e. The third-order valence-corrected chi connectivity index (χ3v) is 4.60. The molecule has 0 saturated heterocycles. The number of fused-ring (bicyclic) bond motifs is 1. The van der Waals surface area contributed by atoms with Crippen molar-refractivity contribution in [3.8, 4) is 0 Å². The van der Waals surface area contributed by atoms with Crippen LogP contribution in [-0.4, -0.2) is 16.8 Å². The van der Waals surface area contributed by atoms with Gasteiger partial charge >= 0.3 is 5.97 Å². The summed E-state index contributed by atoms with van der Waals surface area (Å²) >= 11 is 1.78. The number of carboxylic acid groups (broad SMARTS) is 1. The lowest BCUT2D eigenvalue weighted by Crippen LogP contribution is -2.19. The van der Waals surface area contributed by atoms with Crippen LogP contribution in [-0.2, 0) is 5.75 Å². The van der Waals surface area contributed by atoms with E-state index in [0.29, 0.717) is 0 Å². The number of thioether (sulfide) groups is 1. The molecule has 0 aromatic heterocycles. The Morgan fingerprint density at radius 1 is 1.29 bits per heavy atom. The van der Waals surface area contributed by atoms with Gasteiger partial charge in [-0.2, -0.15) is 11.8 Å². The highest BCUT2D eigenvalue weighted by Gasteiger charge is 2.21. The first-order valence-corrected chi connectivity index (χ1v) is 7.75. The van der Waals surface area contributed by atoms with Crippen LogP contribution in [0.4, 0.5) is 10.1 Å². The second kappa shape index (κ2) is 5.77. The van der Waals surface area contributed by atoms with Crippen molar-refractivity contribution in [1.82, 2.24) is 0 Å². The highest BCUT2D eigenvalue weighted by Crippen LogP contribution is 2.34. The summed E-state index contributed by atoms with van der Waals surface area (Å²) in [7, 11) is 0. The monoisotopic (exact) mass is 303 g/mol. The number of halogens is 1. The van der Waals surface area contributed by atoms with Crippen molar-refractivity contribution in [2.45, 2.75) is 11.8 Å². The smallest absolute Gasteiger partial charge is 0.335 e. The van der Waals surface area contributed by atoms with E-state index in [-0.39, 0.29) is 17.3 Å². The molecule has 0 radical (unpaired) electrons. The van der Waals surface area contributed by atoms with E-state index in [1.165, 1.54) is 23.8 Å². The maximum Gasteiger partial charge on any atom is 0.335 e. The number of benzene rings is 2. The first-order valence-electron chi connectivity index (χ1n) is 6.60. The summed E-state index contributed by atoms with van der Waals surface area (Å²) in [4.78, 5) is 11.0. The van der Waals surface area contributed by atoms with E-state index < -0.39 is 11.8 Å². The summed E-state index contributed by atoms with van der Waals surface area (Å²) in [5, 5.41) is 12.2. The molecular formula is C16H14FNO2S. The van der Waals surface area contributed by atoms with Crippen molar-refractivity contribution in [3.05, 3.63) is 65.0 Å². The molecule has 1 aliphatic rings. The molecule has 0 aliphatic carbocycles. The zero-order valence-electron chi connectivity index (χ0n) is 11.2. The van der Waals surface area contributed by atoms with Crippen LogP contribution in [0.3, 0.4) is 0 Å². The Labute approximate surface area is 126 Å². The van der Waals surface area contributed by atoms with Gasteiger partial charge in [-0.15, -0.1) is 0 Å². The van der Waals surface area contributed by atoms with Crippen LogP contribution < -0.4 is 5.32 Å². The van der Waals surface area contributed by atoms with Gasteiger partial charge in [0.25, 0.3) is 0 Å². The number of anilines is 1. The quantitative estimate of drug-likeness (QED) is 0.902. The fraction of sp³-hybridized carbons (Fsp3) is 0.188. The molecule has 108 valence electrons. The molecule has 2 aromatic carbocycles. The van der Waals surface area contributed by atoms with Gasteiger partial charge in [-0.25, -0.2) is 9.18 Å². The summed E-state index contributed by atoms with van der Waals surface area (Å²) in [5.41, 5.74) is 2.70. The Hall–Kier alpha value is -2.01. The van der Waals surface area contributed by atoms with Crippen LogP contribution in [0.15, 0.2) is 42.5 Å². The van der Waals surface area contributed by atoms with Gasteiger partial charge in [-0.3, -0.25) is 0 Å². The lowest BCUT2D eigenvalue weighted by atomic mass is 10.0. The van der Waals surface area contributed by atoms with Crippen LogP contribution in [0.25, 0.3) is 0 Å². The Balaban J connectivity index is 1.91. The van der Waals surface area contributed by atoms with Crippen LogP contribution in [0, 0.1) is 5.82 Å². The van der Waals surface area contributed by atoms with Gasteiger partial charge in [0.2, 0.25) is 0 Å². The Kier molecular flexibility index (Phi) is 3.84. The number of hydrogen-bond acceptors (Lipinski definition) is 3. The first kappa shape index (κ1) is 13.9. The predicted octanol–water partition coefficient (Wildman–Crippen LogP) is 3.92. The van der Waals surface area contributed by atoms with Crippen molar-refractivity contribution in [1.29, 1.82) is 0 Å². The predicted molar refractivity (Wildman–Crippen MR) is 82.3 cm³/mol. The lowest BCUT2D eigenvalue weighted by Gasteiger charge is -2.27. The van der Waals surface area contributed by atoms with Crippen molar-refractivity contribution >= 4 is 23.4 Å². The average molecular weight is 303 g/mol. The summed E-state index contributed by atoms with van der Waals surface area (Å²) in [6.45, 7) is 0. The number of rotatable bonds is 3. The molecule has 0 fully saturated rings. The van der Waals surface area contributed by atoms with E-state index in [1.54, 1.807) is 11.8 Å². The van der Waals surface area contributed by atoms with E-state index in [0.717, 1.165) is 17.1 Å². The van der Waals surface area contributed by atoms with Gasteiger partial charge in [0.1, 0.15) is 5.82 Å². The van der Waals surface area contributed by atoms with Gasteiger partial charge in [-0.1, -0.05) is 24.3 Å². The fourth-order valence-corrected chi connectivity index (χ4v) is 3.56. The zero-order valence-corrected chi connectivity index (χ0v) is 12.0. The minimum atomic E-state index is -1.06.